The molecule has 0 fully saturated rings. The van der Waals surface area contributed by atoms with Gasteiger partial charge in [-0.25, -0.2) is 4.99 Å². The second kappa shape index (κ2) is 10.8. The van der Waals surface area contributed by atoms with E-state index in [2.05, 4.69) is 26.1 Å². The first-order valence-electron chi connectivity index (χ1n) is 13.3. The van der Waals surface area contributed by atoms with Gasteiger partial charge >= 0.3 is 5.97 Å². The van der Waals surface area contributed by atoms with Gasteiger partial charge in [-0.2, -0.15) is 0 Å². The van der Waals surface area contributed by atoms with Gasteiger partial charge in [-0.05, 0) is 61.3 Å². The predicted molar refractivity (Wildman–Crippen MR) is 155 cm³/mol. The highest BCUT2D eigenvalue weighted by atomic mass is 32.1. The van der Waals surface area contributed by atoms with Crippen LogP contribution in [0.25, 0.3) is 0 Å². The first-order chi connectivity index (χ1) is 18.7. The van der Waals surface area contributed by atoms with E-state index >= 15 is 0 Å². The molecule has 1 N–H and O–H groups in total. The highest BCUT2D eigenvalue weighted by molar-refractivity contribution is 7.16. The zero-order chi connectivity index (χ0) is 27.7. The number of nitrogens with zero attached hydrogens (tertiary/aromatic N) is 2. The SMILES string of the molecule is CCOC(=O)CN1C(=O)C(=Nc2sc3c(c2C(=O)Nc2ccccc2)CC[C@H](C(C)(C)C)C3)c2ccccc21. The molecule has 5 rings (SSSR count). The molecule has 202 valence electrons. The third-order valence-corrected chi connectivity index (χ3v) is 8.58. The first-order valence-corrected chi connectivity index (χ1v) is 14.2. The Morgan fingerprint density at radius 3 is 2.54 bits per heavy atom. The van der Waals surface area contributed by atoms with Crippen LogP contribution in [0.15, 0.2) is 59.6 Å². The lowest BCUT2D eigenvalue weighted by atomic mass is 9.72. The number of esters is 1. The Hall–Kier alpha value is -3.78. The van der Waals surface area contributed by atoms with E-state index in [0.717, 1.165) is 29.7 Å². The number of rotatable bonds is 6. The lowest BCUT2D eigenvalue weighted by Crippen LogP contribution is -2.35. The summed E-state index contributed by atoms with van der Waals surface area (Å²) >= 11 is 1.50. The van der Waals surface area contributed by atoms with E-state index in [1.54, 1.807) is 13.0 Å². The summed E-state index contributed by atoms with van der Waals surface area (Å²) < 4.78 is 5.10. The number of anilines is 2. The number of para-hydroxylation sites is 2. The van der Waals surface area contributed by atoms with Crippen LogP contribution in [0, 0.1) is 11.3 Å². The third-order valence-electron chi connectivity index (χ3n) is 7.43. The number of nitrogens with one attached hydrogen (secondary N) is 1. The summed E-state index contributed by atoms with van der Waals surface area (Å²) in [5.41, 5.74) is 3.89. The summed E-state index contributed by atoms with van der Waals surface area (Å²) in [4.78, 5) is 47.0. The molecule has 0 saturated carbocycles. The summed E-state index contributed by atoms with van der Waals surface area (Å²) in [6.07, 6.45) is 2.65. The number of hydrogen-bond acceptors (Lipinski definition) is 6. The number of amides is 2. The molecule has 2 heterocycles. The molecule has 7 nitrogen and oxygen atoms in total. The molecular formula is C31H33N3O4S. The molecule has 0 bridgehead atoms. The van der Waals surface area contributed by atoms with Crippen LogP contribution in [0.5, 0.6) is 0 Å². The van der Waals surface area contributed by atoms with Crippen LogP contribution >= 0.6 is 11.3 Å². The molecule has 1 aliphatic heterocycles. The molecule has 1 aromatic heterocycles. The molecule has 1 aliphatic carbocycles. The second-order valence-corrected chi connectivity index (χ2v) is 12.1. The minimum absolute atomic E-state index is 0.147. The van der Waals surface area contributed by atoms with E-state index in [9.17, 15) is 14.4 Å². The van der Waals surface area contributed by atoms with Crippen molar-refractivity contribution in [1.29, 1.82) is 0 Å². The molecule has 39 heavy (non-hydrogen) atoms. The van der Waals surface area contributed by atoms with Gasteiger partial charge in [0.15, 0.2) is 0 Å². The van der Waals surface area contributed by atoms with Crippen LogP contribution in [0.1, 0.15) is 60.5 Å². The quantitative estimate of drug-likeness (QED) is 0.376. The smallest absolute Gasteiger partial charge is 0.326 e. The van der Waals surface area contributed by atoms with Crippen molar-refractivity contribution >= 4 is 51.2 Å². The molecule has 0 radical (unpaired) electrons. The Morgan fingerprint density at radius 2 is 1.82 bits per heavy atom. The number of hydrogen-bond donors (Lipinski definition) is 1. The molecule has 8 heteroatoms. The summed E-state index contributed by atoms with van der Waals surface area (Å²) in [5.74, 6) is -0.597. The third kappa shape index (κ3) is 5.39. The minimum Gasteiger partial charge on any atom is -0.465 e. The summed E-state index contributed by atoms with van der Waals surface area (Å²) in [7, 11) is 0. The number of thiophene rings is 1. The molecule has 0 unspecified atom stereocenters. The Kier molecular flexibility index (Phi) is 7.40. The lowest BCUT2D eigenvalue weighted by Gasteiger charge is -2.33. The van der Waals surface area contributed by atoms with Gasteiger partial charge in [-0.3, -0.25) is 19.3 Å². The van der Waals surface area contributed by atoms with Gasteiger partial charge in [-0.15, -0.1) is 11.3 Å². The van der Waals surface area contributed by atoms with E-state index in [4.69, 9.17) is 9.73 Å². The molecule has 2 aliphatic rings. The van der Waals surface area contributed by atoms with Crippen molar-refractivity contribution in [3.8, 4) is 0 Å². The van der Waals surface area contributed by atoms with Crippen LogP contribution in [0.3, 0.4) is 0 Å². The molecule has 2 aromatic carbocycles. The topological polar surface area (TPSA) is 88.1 Å². The molecular weight excluding hydrogens is 510 g/mol. The number of ether oxygens (including phenoxy) is 1. The van der Waals surface area contributed by atoms with Crippen molar-refractivity contribution in [2.45, 2.75) is 47.0 Å². The summed E-state index contributed by atoms with van der Waals surface area (Å²) in [6.45, 7) is 8.54. The van der Waals surface area contributed by atoms with E-state index < -0.39 is 5.97 Å². The summed E-state index contributed by atoms with van der Waals surface area (Å²) in [6, 6.07) is 16.6. The molecule has 2 amide bonds. The van der Waals surface area contributed by atoms with E-state index in [1.165, 1.54) is 16.2 Å². The molecule has 1 atom stereocenters. The maximum Gasteiger partial charge on any atom is 0.326 e. The Balaban J connectivity index is 1.58. The maximum absolute atomic E-state index is 13.7. The zero-order valence-corrected chi connectivity index (χ0v) is 23.6. The standard InChI is InChI=1S/C31H33N3O4S/c1-5-38-25(35)18-34-23-14-10-9-13-21(23)27(30(34)37)33-29-26(28(36)32-20-11-7-6-8-12-20)22-16-15-19(31(2,3)4)17-24(22)39-29/h6-14,19H,5,15-18H2,1-4H3,(H,32,36)/t19-/m0/s1. The minimum atomic E-state index is -0.482. The van der Waals surface area contributed by atoms with E-state index in [-0.39, 0.29) is 36.1 Å². The normalized spacial score (nSPS) is 17.6. The first kappa shape index (κ1) is 26.8. The van der Waals surface area contributed by atoms with Crippen LogP contribution in [0.2, 0.25) is 0 Å². The second-order valence-electron chi connectivity index (χ2n) is 11.0. The average Bonchev–Trinajstić information content (AvgIpc) is 3.39. The van der Waals surface area contributed by atoms with Crippen LogP contribution in [-0.2, 0) is 27.2 Å². The highest BCUT2D eigenvalue weighted by Crippen LogP contribution is 2.46. The molecule has 3 aromatic rings. The molecule has 0 saturated heterocycles. The van der Waals surface area contributed by atoms with Gasteiger partial charge in [-0.1, -0.05) is 57.2 Å². The van der Waals surface area contributed by atoms with Gasteiger partial charge in [0.25, 0.3) is 11.8 Å². The van der Waals surface area contributed by atoms with Crippen molar-refractivity contribution < 1.29 is 19.1 Å². The van der Waals surface area contributed by atoms with Crippen LogP contribution in [0.4, 0.5) is 16.4 Å². The van der Waals surface area contributed by atoms with Crippen molar-refractivity contribution in [1.82, 2.24) is 0 Å². The Labute approximate surface area is 232 Å². The lowest BCUT2D eigenvalue weighted by molar-refractivity contribution is -0.142. The van der Waals surface area contributed by atoms with Crippen LogP contribution < -0.4 is 10.2 Å². The van der Waals surface area contributed by atoms with Crippen molar-refractivity contribution in [2.24, 2.45) is 16.3 Å². The monoisotopic (exact) mass is 543 g/mol. The van der Waals surface area contributed by atoms with Crippen molar-refractivity contribution in [3.05, 3.63) is 76.2 Å². The van der Waals surface area contributed by atoms with Gasteiger partial charge in [0.2, 0.25) is 0 Å². The zero-order valence-electron chi connectivity index (χ0n) is 22.7. The summed E-state index contributed by atoms with van der Waals surface area (Å²) in [5, 5.41) is 3.55. The molecule has 0 spiro atoms. The van der Waals surface area contributed by atoms with E-state index in [0.29, 0.717) is 33.4 Å². The van der Waals surface area contributed by atoms with Gasteiger partial charge in [0.05, 0.1) is 17.9 Å². The number of carbonyl (C=O) groups excluding carboxylic acids is 3. The fraction of sp³-hybridized carbons (Fsp3) is 0.355. The largest absolute Gasteiger partial charge is 0.465 e. The van der Waals surface area contributed by atoms with Crippen LogP contribution in [-0.4, -0.2) is 36.6 Å². The fourth-order valence-corrected chi connectivity index (χ4v) is 6.60. The maximum atomic E-state index is 13.7. The average molecular weight is 544 g/mol. The number of fused-ring (bicyclic) bond motifs is 2. The van der Waals surface area contributed by atoms with Gasteiger partial charge in [0.1, 0.15) is 17.3 Å². The Bertz CT molecular complexity index is 1450. The number of carbonyl (C=O) groups is 3. The fourth-order valence-electron chi connectivity index (χ4n) is 5.30. The predicted octanol–water partition coefficient (Wildman–Crippen LogP) is 6.18. The van der Waals surface area contributed by atoms with Gasteiger partial charge in [0, 0.05) is 16.1 Å². The highest BCUT2D eigenvalue weighted by Gasteiger charge is 2.37. The van der Waals surface area contributed by atoms with Gasteiger partial charge < -0.3 is 10.1 Å². The van der Waals surface area contributed by atoms with Crippen molar-refractivity contribution in [3.63, 3.8) is 0 Å². The van der Waals surface area contributed by atoms with E-state index in [1.807, 2.05) is 48.5 Å². The number of aliphatic imine (C=N–C) groups is 1. The Morgan fingerprint density at radius 1 is 1.10 bits per heavy atom. The number of benzene rings is 2. The van der Waals surface area contributed by atoms with Crippen molar-refractivity contribution in [2.75, 3.05) is 23.4 Å².